The first-order chi connectivity index (χ1) is 7.39. The van der Waals surface area contributed by atoms with Crippen LogP contribution in [-0.2, 0) is 0 Å². The van der Waals surface area contributed by atoms with E-state index in [2.05, 4.69) is 10.3 Å². The molecule has 0 aliphatic rings. The Bertz CT molecular complexity index is 325. The van der Waals surface area contributed by atoms with Gasteiger partial charge in [-0.15, -0.1) is 0 Å². The highest BCUT2D eigenvalue weighted by molar-refractivity contribution is 5.33. The Balaban J connectivity index is 2.47. The zero-order valence-corrected chi connectivity index (χ0v) is 9.87. The predicted molar refractivity (Wildman–Crippen MR) is 61.9 cm³/mol. The van der Waals surface area contributed by atoms with Crippen molar-refractivity contribution in [1.82, 2.24) is 9.88 Å². The fourth-order valence-corrected chi connectivity index (χ4v) is 1.50. The molecule has 1 rings (SSSR count). The Labute approximate surface area is 95.1 Å². The Morgan fingerprint density at radius 1 is 1.50 bits per heavy atom. The number of likely N-dealkylation sites (N-methyl/N-ethyl adjacent to an activating group) is 1. The van der Waals surface area contributed by atoms with Crippen molar-refractivity contribution in [3.05, 3.63) is 24.1 Å². The van der Waals surface area contributed by atoms with Crippen LogP contribution in [0, 0.1) is 5.82 Å². The topological polar surface area (TPSA) is 48.4 Å². The van der Waals surface area contributed by atoms with Crippen molar-refractivity contribution < 1.29 is 9.50 Å². The summed E-state index contributed by atoms with van der Waals surface area (Å²) in [6, 6.07) is 2.87. The smallest absolute Gasteiger partial charge is 0.141 e. The zero-order valence-electron chi connectivity index (χ0n) is 9.87. The second kappa shape index (κ2) is 5.23. The van der Waals surface area contributed by atoms with E-state index in [-0.39, 0.29) is 5.82 Å². The van der Waals surface area contributed by atoms with Gasteiger partial charge >= 0.3 is 0 Å². The van der Waals surface area contributed by atoms with E-state index in [9.17, 15) is 9.50 Å². The second-order valence-electron chi connectivity index (χ2n) is 4.45. The molecular formula is C11H18FN3O. The molecule has 1 heterocycles. The minimum atomic E-state index is -0.848. The second-order valence-corrected chi connectivity index (χ2v) is 4.45. The molecule has 0 saturated heterocycles. The average molecular weight is 227 g/mol. The standard InChI is InChI=1S/C11H18FN3O/c1-11(16,8-15(2)3)7-14-10-5-4-9(12)6-13-10/h4-6,16H,7-8H2,1-3H3,(H,13,14). The minimum absolute atomic E-state index is 0.365. The van der Waals surface area contributed by atoms with E-state index in [1.807, 2.05) is 19.0 Å². The summed E-state index contributed by atoms with van der Waals surface area (Å²) >= 11 is 0. The fraction of sp³-hybridized carbons (Fsp3) is 0.545. The third-order valence-electron chi connectivity index (χ3n) is 2.03. The van der Waals surface area contributed by atoms with Crippen LogP contribution in [0.1, 0.15) is 6.92 Å². The molecule has 0 amide bonds. The SMILES string of the molecule is CN(C)CC(C)(O)CNc1ccc(F)cn1. The summed E-state index contributed by atoms with van der Waals surface area (Å²) in [5, 5.41) is 13.0. The Morgan fingerprint density at radius 2 is 2.19 bits per heavy atom. The number of hydrogen-bond acceptors (Lipinski definition) is 4. The molecule has 90 valence electrons. The van der Waals surface area contributed by atoms with Gasteiger partial charge in [-0.25, -0.2) is 9.37 Å². The van der Waals surface area contributed by atoms with Gasteiger partial charge in [0.2, 0.25) is 0 Å². The van der Waals surface area contributed by atoms with Crippen LogP contribution in [0.15, 0.2) is 18.3 Å². The van der Waals surface area contributed by atoms with Crippen LogP contribution in [0.2, 0.25) is 0 Å². The number of aliphatic hydroxyl groups is 1. The van der Waals surface area contributed by atoms with Gasteiger partial charge in [-0.3, -0.25) is 0 Å². The Kier molecular flexibility index (Phi) is 4.20. The van der Waals surface area contributed by atoms with Crippen molar-refractivity contribution in [2.24, 2.45) is 0 Å². The lowest BCUT2D eigenvalue weighted by atomic mass is 10.1. The first-order valence-corrected chi connectivity index (χ1v) is 5.12. The molecule has 1 aromatic heterocycles. The van der Waals surface area contributed by atoms with Crippen LogP contribution < -0.4 is 5.32 Å². The highest BCUT2D eigenvalue weighted by atomic mass is 19.1. The molecule has 2 N–H and O–H groups in total. The minimum Gasteiger partial charge on any atom is -0.387 e. The van der Waals surface area contributed by atoms with Crippen LogP contribution in [0.5, 0.6) is 0 Å². The molecule has 0 aliphatic carbocycles. The van der Waals surface area contributed by atoms with E-state index in [0.717, 1.165) is 6.20 Å². The molecule has 0 fully saturated rings. The summed E-state index contributed by atoms with van der Waals surface area (Å²) in [5.74, 6) is 0.186. The monoisotopic (exact) mass is 227 g/mol. The molecule has 1 atom stereocenters. The molecule has 16 heavy (non-hydrogen) atoms. The zero-order chi connectivity index (χ0) is 12.2. The maximum atomic E-state index is 12.6. The number of pyridine rings is 1. The first-order valence-electron chi connectivity index (χ1n) is 5.12. The Hall–Kier alpha value is -1.20. The molecule has 0 aromatic carbocycles. The normalized spacial score (nSPS) is 14.9. The maximum Gasteiger partial charge on any atom is 0.141 e. The quantitative estimate of drug-likeness (QED) is 0.786. The van der Waals surface area contributed by atoms with Gasteiger partial charge < -0.3 is 15.3 Å². The molecular weight excluding hydrogens is 209 g/mol. The van der Waals surface area contributed by atoms with Gasteiger partial charge in [0.05, 0.1) is 11.8 Å². The molecule has 1 unspecified atom stereocenters. The van der Waals surface area contributed by atoms with Crippen LogP contribution in [0.3, 0.4) is 0 Å². The number of hydrogen-bond donors (Lipinski definition) is 2. The number of aromatic nitrogens is 1. The average Bonchev–Trinajstić information content (AvgIpc) is 2.15. The van der Waals surface area contributed by atoms with E-state index in [1.54, 1.807) is 13.0 Å². The van der Waals surface area contributed by atoms with Crippen molar-refractivity contribution in [3.63, 3.8) is 0 Å². The van der Waals surface area contributed by atoms with Crippen LogP contribution >= 0.6 is 0 Å². The molecule has 1 aromatic rings. The summed E-state index contributed by atoms with van der Waals surface area (Å²) in [6.45, 7) is 2.65. The molecule has 5 heteroatoms. The van der Waals surface area contributed by atoms with Gasteiger partial charge in [-0.05, 0) is 33.2 Å². The van der Waals surface area contributed by atoms with Gasteiger partial charge in [0.1, 0.15) is 11.6 Å². The molecule has 4 nitrogen and oxygen atoms in total. The van der Waals surface area contributed by atoms with E-state index in [0.29, 0.717) is 18.9 Å². The largest absolute Gasteiger partial charge is 0.387 e. The van der Waals surface area contributed by atoms with Crippen molar-refractivity contribution in [2.45, 2.75) is 12.5 Å². The lowest BCUT2D eigenvalue weighted by Crippen LogP contribution is -2.43. The highest BCUT2D eigenvalue weighted by Crippen LogP contribution is 2.08. The van der Waals surface area contributed by atoms with Crippen molar-refractivity contribution in [1.29, 1.82) is 0 Å². The molecule has 0 aliphatic heterocycles. The van der Waals surface area contributed by atoms with Crippen LogP contribution in [0.4, 0.5) is 10.2 Å². The Morgan fingerprint density at radius 3 is 2.69 bits per heavy atom. The lowest BCUT2D eigenvalue weighted by Gasteiger charge is -2.27. The molecule has 0 radical (unpaired) electrons. The van der Waals surface area contributed by atoms with Crippen LogP contribution in [-0.4, -0.2) is 47.8 Å². The fourth-order valence-electron chi connectivity index (χ4n) is 1.50. The van der Waals surface area contributed by atoms with Gasteiger partial charge in [0.15, 0.2) is 0 Å². The van der Waals surface area contributed by atoms with Gasteiger partial charge in [0.25, 0.3) is 0 Å². The molecule has 0 spiro atoms. The number of anilines is 1. The summed E-state index contributed by atoms with van der Waals surface area (Å²) in [4.78, 5) is 5.75. The van der Waals surface area contributed by atoms with E-state index in [1.165, 1.54) is 6.07 Å². The highest BCUT2D eigenvalue weighted by Gasteiger charge is 2.20. The summed E-state index contributed by atoms with van der Waals surface area (Å²) < 4.78 is 12.6. The number of nitrogens with zero attached hydrogens (tertiary/aromatic N) is 2. The van der Waals surface area contributed by atoms with E-state index in [4.69, 9.17) is 0 Å². The third kappa shape index (κ3) is 4.55. The first kappa shape index (κ1) is 12.9. The molecule has 0 bridgehead atoms. The van der Waals surface area contributed by atoms with E-state index < -0.39 is 5.60 Å². The number of halogens is 1. The van der Waals surface area contributed by atoms with Crippen LogP contribution in [0.25, 0.3) is 0 Å². The van der Waals surface area contributed by atoms with Gasteiger partial charge in [-0.2, -0.15) is 0 Å². The van der Waals surface area contributed by atoms with Crippen molar-refractivity contribution >= 4 is 5.82 Å². The number of rotatable bonds is 5. The van der Waals surface area contributed by atoms with Crippen molar-refractivity contribution in [3.8, 4) is 0 Å². The molecule has 0 saturated carbocycles. The van der Waals surface area contributed by atoms with Gasteiger partial charge in [-0.1, -0.05) is 0 Å². The van der Waals surface area contributed by atoms with Crippen molar-refractivity contribution in [2.75, 3.05) is 32.5 Å². The third-order valence-corrected chi connectivity index (χ3v) is 2.03. The number of nitrogens with one attached hydrogen (secondary N) is 1. The predicted octanol–water partition coefficient (Wildman–Crippen LogP) is 0.945. The summed E-state index contributed by atoms with van der Waals surface area (Å²) in [5.41, 5.74) is -0.848. The summed E-state index contributed by atoms with van der Waals surface area (Å²) in [6.07, 6.45) is 1.14. The van der Waals surface area contributed by atoms with Gasteiger partial charge in [0, 0.05) is 13.1 Å². The summed E-state index contributed by atoms with van der Waals surface area (Å²) in [7, 11) is 3.79. The lowest BCUT2D eigenvalue weighted by molar-refractivity contribution is 0.0459. The van der Waals surface area contributed by atoms with E-state index >= 15 is 0 Å². The maximum absolute atomic E-state index is 12.6.